The maximum absolute atomic E-state index is 3.15. The summed E-state index contributed by atoms with van der Waals surface area (Å²) in [5.74, 6) is 0. The number of rotatable bonds is 0. The van der Waals surface area contributed by atoms with Crippen LogP contribution >= 0.6 is 0 Å². The number of hydrogen-bond donors (Lipinski definition) is 0. The quantitative estimate of drug-likeness (QED) is 0.213. The molecular weight excluding hydrogens is 761 g/mol. The van der Waals surface area contributed by atoms with E-state index in [1.807, 2.05) is 0 Å². The lowest BCUT2D eigenvalue weighted by molar-refractivity contribution is 0.639. The lowest BCUT2D eigenvalue weighted by atomic mass is 10.2. The van der Waals surface area contributed by atoms with Crippen LogP contribution in [0.1, 0.15) is 166 Å². The van der Waals surface area contributed by atoms with Gasteiger partial charge >= 0.3 is 0 Å². The molecule has 0 amide bonds. The van der Waals surface area contributed by atoms with E-state index < -0.39 is 70.7 Å². The molecule has 2 fully saturated rings. The summed E-state index contributed by atoms with van der Waals surface area (Å²) in [5.41, 5.74) is 0. The minimum absolute atomic E-state index is 0.425. The van der Waals surface area contributed by atoms with Crippen LogP contribution in [0.3, 0.4) is 0 Å². The summed E-state index contributed by atoms with van der Waals surface area (Å²) in [5, 5.41) is 3.40. The Kier molecular flexibility index (Phi) is 11.5. The van der Waals surface area contributed by atoms with E-state index in [-0.39, 0.29) is 0 Å². The second-order valence-electron chi connectivity index (χ2n) is 28.2. The largest absolute Gasteiger partial charge is 0.0733 e. The van der Waals surface area contributed by atoms with Crippen molar-refractivity contribution in [2.75, 3.05) is 0 Å². The summed E-state index contributed by atoms with van der Waals surface area (Å²) in [7, 11) is -15.3. The molecule has 2 aliphatic heterocycles. The van der Waals surface area contributed by atoms with Gasteiger partial charge in [0.25, 0.3) is 0 Å². The number of hydrogen-bond acceptors (Lipinski definition) is 0. The molecule has 0 spiro atoms. The second-order valence-corrected chi connectivity index (χ2v) is 139. The second kappa shape index (κ2) is 11.9. The molecule has 50 heavy (non-hydrogen) atoms. The normalized spacial score (nSPS) is 26.4. The van der Waals surface area contributed by atoms with Crippen molar-refractivity contribution >= 4 is 70.7 Å². The first kappa shape index (κ1) is 48.3. The third kappa shape index (κ3) is 4.97. The smallest absolute Gasteiger partial charge is 0.0580 e. The summed E-state index contributed by atoms with van der Waals surface area (Å²) < 4.78 is 0. The molecule has 0 N–H and O–H groups in total. The van der Waals surface area contributed by atoms with Gasteiger partial charge in [0.1, 0.15) is 0 Å². The Morgan fingerprint density at radius 1 is 0.200 bits per heavy atom. The molecule has 0 bridgehead atoms. The van der Waals surface area contributed by atoms with Crippen molar-refractivity contribution < 1.29 is 0 Å². The molecule has 0 unspecified atom stereocenters. The average molecular weight is 858 g/mol. The summed E-state index contributed by atoms with van der Waals surface area (Å²) in [6.07, 6.45) is 0. The van der Waals surface area contributed by atoms with E-state index >= 15 is 0 Å². The van der Waals surface area contributed by atoms with E-state index in [0.29, 0.717) is 40.3 Å². The SMILES string of the molecule is CC(C)(C)[Si]1(C(C)(C)C)[Si](=[Si]2[Si](C(C)(C)C)(C(C)(C)C)[Si](C)(C)[Si](C)(C)[Si]2(C(C)(C)C)C(C)(C)C)[Si](C(C)(C)C)(C(C)(C)C)[Si](C)(C)[Si]1(C)C. The van der Waals surface area contributed by atoms with Gasteiger partial charge in [-0.05, 0) is 54.2 Å². The van der Waals surface area contributed by atoms with Crippen LogP contribution in [0.2, 0.25) is 92.7 Å². The van der Waals surface area contributed by atoms with Gasteiger partial charge in [0.05, 0.1) is 28.4 Å². The van der Waals surface area contributed by atoms with E-state index in [2.05, 4.69) is 219 Å². The lowest BCUT2D eigenvalue weighted by Gasteiger charge is -2.67. The molecule has 2 heterocycles. The highest BCUT2D eigenvalue weighted by molar-refractivity contribution is 8.23. The Morgan fingerprint density at radius 2 is 0.280 bits per heavy atom. The molecule has 0 aliphatic carbocycles. The maximum atomic E-state index is 3.15. The zero-order valence-electron chi connectivity index (χ0n) is 41.0. The van der Waals surface area contributed by atoms with Crippen LogP contribution in [0.15, 0.2) is 0 Å². The van der Waals surface area contributed by atoms with Crippen molar-refractivity contribution in [3.8, 4) is 0 Å². The third-order valence-electron chi connectivity index (χ3n) is 17.6. The van der Waals surface area contributed by atoms with Gasteiger partial charge in [-0.25, -0.2) is 0 Å². The molecule has 2 rings (SSSR count). The highest BCUT2D eigenvalue weighted by Gasteiger charge is 2.91. The van der Waals surface area contributed by atoms with Crippen LogP contribution < -0.4 is 0 Å². The van der Waals surface area contributed by atoms with Gasteiger partial charge in [-0.15, -0.1) is 0 Å². The lowest BCUT2D eigenvalue weighted by Crippen LogP contribution is -2.84. The van der Waals surface area contributed by atoms with Gasteiger partial charge in [-0.2, -0.15) is 0 Å². The van der Waals surface area contributed by atoms with Crippen molar-refractivity contribution in [3.63, 3.8) is 0 Å². The monoisotopic (exact) mass is 857 g/mol. The first-order chi connectivity index (χ1) is 21.0. The molecule has 2 saturated heterocycles. The molecule has 0 saturated carbocycles. The van der Waals surface area contributed by atoms with E-state index in [1.165, 1.54) is 0 Å². The Hall–Kier alpha value is 2.17. The Balaban J connectivity index is 4.38. The molecule has 0 radical (unpaired) electrons. The molecule has 296 valence electrons. The molecule has 0 aromatic heterocycles. The highest BCUT2D eigenvalue weighted by atomic mass is 30.4. The topological polar surface area (TPSA) is 0 Å². The average Bonchev–Trinajstić information content (AvgIpc) is 2.94. The van der Waals surface area contributed by atoms with E-state index in [0.717, 1.165) is 0 Å². The molecule has 0 nitrogen and oxygen atoms in total. The molecular formula is C40H96Si10. The van der Waals surface area contributed by atoms with Crippen molar-refractivity contribution in [1.29, 1.82) is 0 Å². The first-order valence-electron chi connectivity index (χ1n) is 20.8. The predicted molar refractivity (Wildman–Crippen MR) is 262 cm³/mol. The zero-order valence-corrected chi connectivity index (χ0v) is 51.0. The van der Waals surface area contributed by atoms with Gasteiger partial charge in [0.15, 0.2) is 0 Å². The molecule has 0 aromatic rings. The molecule has 0 aromatic carbocycles. The molecule has 10 heteroatoms. The Labute approximate surface area is 327 Å². The van der Waals surface area contributed by atoms with Crippen LogP contribution in [-0.4, -0.2) is 70.7 Å². The molecule has 2 aliphatic rings. The predicted octanol–water partition coefficient (Wildman–Crippen LogP) is 14.9. The van der Waals surface area contributed by atoms with Crippen molar-refractivity contribution in [2.45, 2.75) is 259 Å². The van der Waals surface area contributed by atoms with Crippen molar-refractivity contribution in [3.05, 3.63) is 0 Å². The van der Waals surface area contributed by atoms with Gasteiger partial charge in [-0.1, -0.05) is 219 Å². The van der Waals surface area contributed by atoms with Gasteiger partial charge in [0, 0.05) is 28.4 Å². The van der Waals surface area contributed by atoms with Crippen LogP contribution in [0.25, 0.3) is 0 Å². The third-order valence-corrected chi connectivity index (χ3v) is 285. The van der Waals surface area contributed by atoms with E-state index in [9.17, 15) is 0 Å². The fourth-order valence-corrected chi connectivity index (χ4v) is 592. The summed E-state index contributed by atoms with van der Waals surface area (Å²) >= 11 is 0. The van der Waals surface area contributed by atoms with Crippen LogP contribution in [0.5, 0.6) is 0 Å². The standard InChI is InChI=1S/C40H96Si10/c1-33(2,3)47(34(4,5)6)41(48(35(7,8)9,36(10,11)12)44(27,28)43(47,25)26)42-49(37(13,14)15,38(16,17)18)45(29,30)46(31,32)50(42,39(19,20)21)40(22,23)24/h1-32H3. The molecule has 0 atom stereocenters. The van der Waals surface area contributed by atoms with Crippen LogP contribution in [0, 0.1) is 0 Å². The van der Waals surface area contributed by atoms with Crippen LogP contribution in [0.4, 0.5) is 0 Å². The van der Waals surface area contributed by atoms with Crippen LogP contribution in [-0.2, 0) is 0 Å². The summed E-state index contributed by atoms with van der Waals surface area (Å²) in [6, 6.07) is 0. The Morgan fingerprint density at radius 3 is 0.340 bits per heavy atom. The highest BCUT2D eigenvalue weighted by Crippen LogP contribution is 2.75. The minimum atomic E-state index is -2.04. The van der Waals surface area contributed by atoms with Gasteiger partial charge < -0.3 is 0 Å². The fourth-order valence-electron chi connectivity index (χ4n) is 19.4. The zero-order chi connectivity index (χ0) is 41.2. The van der Waals surface area contributed by atoms with Crippen molar-refractivity contribution in [2.24, 2.45) is 0 Å². The first-order valence-corrected chi connectivity index (χ1v) is 54.8. The van der Waals surface area contributed by atoms with E-state index in [1.54, 1.807) is 0 Å². The van der Waals surface area contributed by atoms with Crippen molar-refractivity contribution in [1.82, 2.24) is 0 Å². The summed E-state index contributed by atoms with van der Waals surface area (Å²) in [4.78, 5) is 0. The summed E-state index contributed by atoms with van der Waals surface area (Å²) in [6.45, 7) is 93.3. The van der Waals surface area contributed by atoms with Gasteiger partial charge in [0.2, 0.25) is 0 Å². The maximum Gasteiger partial charge on any atom is 0.0580 e. The van der Waals surface area contributed by atoms with E-state index in [4.69, 9.17) is 0 Å². The van der Waals surface area contributed by atoms with Gasteiger partial charge in [-0.3, -0.25) is 0 Å². The minimum Gasteiger partial charge on any atom is -0.0733 e. The Bertz CT molecular complexity index is 1100. The fraction of sp³-hybridized carbons (Fsp3) is 1.00.